The van der Waals surface area contributed by atoms with Crippen LogP contribution >= 0.6 is 0 Å². The molecule has 0 bridgehead atoms. The fraction of sp³-hybridized carbons (Fsp3) is 0. The predicted octanol–water partition coefficient (Wildman–Crippen LogP) is 14.2. The van der Waals surface area contributed by atoms with E-state index in [1.54, 1.807) is 0 Å². The summed E-state index contributed by atoms with van der Waals surface area (Å²) in [5, 5.41) is 12.6. The van der Waals surface area contributed by atoms with Crippen molar-refractivity contribution in [1.82, 2.24) is 19.5 Å². The Morgan fingerprint density at radius 3 is 1.20 bits per heavy atom. The zero-order valence-electron chi connectivity index (χ0n) is 31.9. The van der Waals surface area contributed by atoms with Crippen molar-refractivity contribution in [3.05, 3.63) is 206 Å². The molecule has 0 aliphatic carbocycles. The average molecular weight is 751 g/mol. The number of fused-ring (bicyclic) bond motifs is 11. The van der Waals surface area contributed by atoms with Gasteiger partial charge in [0, 0.05) is 33.2 Å². The Kier molecular flexibility index (Phi) is 7.50. The van der Waals surface area contributed by atoms with E-state index in [4.69, 9.17) is 15.0 Å². The van der Waals surface area contributed by atoms with E-state index < -0.39 is 0 Å². The van der Waals surface area contributed by atoms with E-state index in [1.165, 1.54) is 70.5 Å². The van der Waals surface area contributed by atoms with Gasteiger partial charge in [0.1, 0.15) is 0 Å². The minimum atomic E-state index is 0.631. The van der Waals surface area contributed by atoms with Gasteiger partial charge in [-0.05, 0) is 96.7 Å². The Bertz CT molecular complexity index is 3530. The first kappa shape index (κ1) is 33.2. The number of rotatable bonds is 5. The first-order valence-corrected chi connectivity index (χ1v) is 20.0. The molecular formula is C55H34N4. The summed E-state index contributed by atoms with van der Waals surface area (Å²) in [5.74, 6) is 1.90. The van der Waals surface area contributed by atoms with Gasteiger partial charge in [0.25, 0.3) is 0 Å². The molecule has 0 radical (unpaired) electrons. The van der Waals surface area contributed by atoms with Gasteiger partial charge in [-0.3, -0.25) is 0 Å². The second kappa shape index (κ2) is 13.3. The summed E-state index contributed by atoms with van der Waals surface area (Å²) >= 11 is 0. The normalized spacial score (nSPS) is 11.7. The molecule has 4 heteroatoms. The van der Waals surface area contributed by atoms with Gasteiger partial charge in [-0.2, -0.15) is 0 Å². The van der Waals surface area contributed by atoms with Gasteiger partial charge in [-0.1, -0.05) is 164 Å². The molecule has 0 saturated heterocycles. The summed E-state index contributed by atoms with van der Waals surface area (Å²) in [7, 11) is 0. The molecule has 0 saturated carbocycles. The molecule has 2 heterocycles. The molecule has 0 amide bonds. The topological polar surface area (TPSA) is 43.6 Å². The fourth-order valence-corrected chi connectivity index (χ4v) is 9.12. The number of hydrogen-bond donors (Lipinski definition) is 0. The van der Waals surface area contributed by atoms with E-state index in [0.717, 1.165) is 27.9 Å². The molecule has 0 N–H and O–H groups in total. The highest BCUT2D eigenvalue weighted by Crippen LogP contribution is 2.43. The lowest BCUT2D eigenvalue weighted by atomic mass is 9.87. The van der Waals surface area contributed by atoms with Gasteiger partial charge in [-0.25, -0.2) is 15.0 Å². The molecule has 0 fully saturated rings. The number of para-hydroxylation sites is 2. The summed E-state index contributed by atoms with van der Waals surface area (Å²) in [4.78, 5) is 15.2. The molecular weight excluding hydrogens is 717 g/mol. The lowest BCUT2D eigenvalue weighted by Gasteiger charge is -2.16. The van der Waals surface area contributed by atoms with Crippen LogP contribution in [0, 0.1) is 0 Å². The van der Waals surface area contributed by atoms with Crippen LogP contribution in [-0.4, -0.2) is 19.5 Å². The van der Waals surface area contributed by atoms with Gasteiger partial charge in [0.05, 0.1) is 11.0 Å². The molecule has 4 nitrogen and oxygen atoms in total. The van der Waals surface area contributed by atoms with E-state index >= 15 is 0 Å². The number of benzene rings is 10. The molecule has 12 rings (SSSR count). The van der Waals surface area contributed by atoms with Crippen molar-refractivity contribution in [2.45, 2.75) is 0 Å². The molecule has 59 heavy (non-hydrogen) atoms. The molecule has 10 aromatic carbocycles. The minimum absolute atomic E-state index is 0.631. The van der Waals surface area contributed by atoms with Gasteiger partial charge in [0.2, 0.25) is 0 Å². The zero-order valence-corrected chi connectivity index (χ0v) is 31.9. The second-order valence-corrected chi connectivity index (χ2v) is 15.1. The molecule has 0 aliphatic heterocycles. The van der Waals surface area contributed by atoms with Gasteiger partial charge in [-0.15, -0.1) is 0 Å². The Labute approximate surface area is 340 Å². The summed E-state index contributed by atoms with van der Waals surface area (Å²) in [6.07, 6.45) is 0. The molecule has 12 aromatic rings. The maximum atomic E-state index is 5.12. The molecule has 2 aromatic heterocycles. The molecule has 0 aliphatic rings. The van der Waals surface area contributed by atoms with Gasteiger partial charge < -0.3 is 4.57 Å². The highest BCUT2D eigenvalue weighted by molar-refractivity contribution is 6.33. The summed E-state index contributed by atoms with van der Waals surface area (Å²) in [6.45, 7) is 0. The quantitative estimate of drug-likeness (QED) is 0.165. The minimum Gasteiger partial charge on any atom is -0.309 e. The maximum Gasteiger partial charge on any atom is 0.164 e. The van der Waals surface area contributed by atoms with Crippen LogP contribution in [0.4, 0.5) is 0 Å². The van der Waals surface area contributed by atoms with Crippen molar-refractivity contribution >= 4 is 64.9 Å². The van der Waals surface area contributed by atoms with Crippen LogP contribution < -0.4 is 0 Å². The third-order valence-corrected chi connectivity index (χ3v) is 11.8. The highest BCUT2D eigenvalue weighted by atomic mass is 15.0. The SMILES string of the molecule is c1ccc(-c2nc(-c3ccc(-c4cc5c6ccccc6c6ccccc6c5c5ccccc45)cc3)nc(-c3ccc(-n4c5ccccc5c5ccccc54)cc3)n2)cc1. The average Bonchev–Trinajstić information content (AvgIpc) is 3.66. The van der Waals surface area contributed by atoms with Crippen LogP contribution in [0.2, 0.25) is 0 Å². The van der Waals surface area contributed by atoms with Crippen LogP contribution in [0.1, 0.15) is 0 Å². The van der Waals surface area contributed by atoms with Crippen LogP contribution in [0.15, 0.2) is 206 Å². The molecule has 274 valence electrons. The summed E-state index contributed by atoms with van der Waals surface area (Å²) in [5.41, 5.74) is 8.58. The van der Waals surface area contributed by atoms with Gasteiger partial charge in [0.15, 0.2) is 17.5 Å². The van der Waals surface area contributed by atoms with Crippen LogP contribution in [0.25, 0.3) is 116 Å². The number of hydrogen-bond acceptors (Lipinski definition) is 3. The lowest BCUT2D eigenvalue weighted by molar-refractivity contribution is 1.07. The Balaban J connectivity index is 0.979. The van der Waals surface area contributed by atoms with Crippen molar-refractivity contribution in [2.75, 3.05) is 0 Å². The fourth-order valence-electron chi connectivity index (χ4n) is 9.12. The monoisotopic (exact) mass is 750 g/mol. The third kappa shape index (κ3) is 5.34. The van der Waals surface area contributed by atoms with Crippen molar-refractivity contribution in [3.8, 4) is 51.0 Å². The van der Waals surface area contributed by atoms with Crippen molar-refractivity contribution < 1.29 is 0 Å². The smallest absolute Gasteiger partial charge is 0.164 e. The first-order chi connectivity index (χ1) is 29.3. The third-order valence-electron chi connectivity index (χ3n) is 11.8. The Hall–Kier alpha value is -7.95. The van der Waals surface area contributed by atoms with E-state index in [1.807, 2.05) is 18.2 Å². The van der Waals surface area contributed by atoms with Crippen LogP contribution in [-0.2, 0) is 0 Å². The van der Waals surface area contributed by atoms with E-state index in [0.29, 0.717) is 17.5 Å². The largest absolute Gasteiger partial charge is 0.309 e. The number of nitrogens with zero attached hydrogens (tertiary/aromatic N) is 4. The highest BCUT2D eigenvalue weighted by Gasteiger charge is 2.17. The predicted molar refractivity (Wildman–Crippen MR) is 246 cm³/mol. The Morgan fingerprint density at radius 2 is 0.644 bits per heavy atom. The summed E-state index contributed by atoms with van der Waals surface area (Å²) in [6, 6.07) is 73.4. The first-order valence-electron chi connectivity index (χ1n) is 20.0. The van der Waals surface area contributed by atoms with Gasteiger partial charge >= 0.3 is 0 Å². The standard InChI is InChI=1S/C55H34N4/c1-2-14-36(15-3-1)53-56-54(58-55(57-53)38-30-32-39(33-31-38)59-50-24-12-10-20-44(50)45-21-11-13-25-51(45)59)37-28-26-35(27-29-37)48-34-49-42-18-5-4-16-40(42)41-17-6-8-22-46(41)52(49)47-23-9-7-19-43(47)48/h1-34H. The second-order valence-electron chi connectivity index (χ2n) is 15.1. The number of aromatic nitrogens is 4. The van der Waals surface area contributed by atoms with E-state index in [-0.39, 0.29) is 0 Å². The Morgan fingerprint density at radius 1 is 0.271 bits per heavy atom. The zero-order chi connectivity index (χ0) is 38.9. The van der Waals surface area contributed by atoms with Crippen LogP contribution in [0.5, 0.6) is 0 Å². The molecule has 0 unspecified atom stereocenters. The van der Waals surface area contributed by atoms with Crippen LogP contribution in [0.3, 0.4) is 0 Å². The van der Waals surface area contributed by atoms with Crippen molar-refractivity contribution in [3.63, 3.8) is 0 Å². The van der Waals surface area contributed by atoms with Crippen molar-refractivity contribution in [1.29, 1.82) is 0 Å². The lowest BCUT2D eigenvalue weighted by Crippen LogP contribution is -2.00. The maximum absolute atomic E-state index is 5.12. The molecule has 0 atom stereocenters. The van der Waals surface area contributed by atoms with E-state index in [2.05, 4.69) is 193 Å². The molecule has 0 spiro atoms. The summed E-state index contributed by atoms with van der Waals surface area (Å²) < 4.78 is 2.33. The van der Waals surface area contributed by atoms with E-state index in [9.17, 15) is 0 Å². The van der Waals surface area contributed by atoms with Crippen molar-refractivity contribution in [2.24, 2.45) is 0 Å².